The van der Waals surface area contributed by atoms with Gasteiger partial charge in [0.15, 0.2) is 9.84 Å². The summed E-state index contributed by atoms with van der Waals surface area (Å²) in [5.74, 6) is 2.63. The van der Waals surface area contributed by atoms with Crippen LogP contribution in [0.3, 0.4) is 0 Å². The zero-order valence-corrected chi connectivity index (χ0v) is 27.8. The SMILES string of the molecule is CC(C)(C)C1CCCNC1.CC(C)(C)C1CCS(=O)(=O)C1.CC(C)(C)OC(=O)N1CCCC(C(C)(C)C)C1. The molecule has 0 aliphatic carbocycles. The summed E-state index contributed by atoms with van der Waals surface area (Å²) in [4.78, 5) is 13.9. The van der Waals surface area contributed by atoms with Gasteiger partial charge < -0.3 is 15.0 Å². The Kier molecular flexibility index (Phi) is 12.7. The van der Waals surface area contributed by atoms with Crippen molar-refractivity contribution >= 4 is 15.9 Å². The highest BCUT2D eigenvalue weighted by Crippen LogP contribution is 2.35. The molecule has 3 rings (SSSR count). The number of hydrogen-bond acceptors (Lipinski definition) is 5. The van der Waals surface area contributed by atoms with Crippen molar-refractivity contribution in [3.8, 4) is 0 Å². The van der Waals surface area contributed by atoms with Gasteiger partial charge in [-0.2, -0.15) is 0 Å². The normalized spacial score (nSPS) is 26.4. The molecular formula is C31H62N2O4S. The highest BCUT2D eigenvalue weighted by atomic mass is 32.2. The van der Waals surface area contributed by atoms with E-state index in [0.29, 0.717) is 28.8 Å². The van der Waals surface area contributed by atoms with E-state index in [9.17, 15) is 13.2 Å². The zero-order valence-electron chi connectivity index (χ0n) is 27.0. The van der Waals surface area contributed by atoms with Crippen LogP contribution in [0.2, 0.25) is 0 Å². The molecule has 3 fully saturated rings. The molecular weight excluding hydrogens is 496 g/mol. The minimum absolute atomic E-state index is 0.156. The molecule has 0 aromatic rings. The molecule has 1 amide bonds. The third kappa shape index (κ3) is 13.5. The number of likely N-dealkylation sites (tertiary alicyclic amines) is 1. The number of nitrogens with one attached hydrogen (secondary N) is 1. The Labute approximate surface area is 236 Å². The molecule has 0 spiro atoms. The van der Waals surface area contributed by atoms with Crippen LogP contribution in [0.25, 0.3) is 0 Å². The van der Waals surface area contributed by atoms with Crippen molar-refractivity contribution in [3.05, 3.63) is 0 Å². The van der Waals surface area contributed by atoms with Crippen LogP contribution in [0.4, 0.5) is 4.79 Å². The van der Waals surface area contributed by atoms with Crippen LogP contribution in [0.1, 0.15) is 115 Å². The summed E-state index contributed by atoms with van der Waals surface area (Å²) >= 11 is 0. The summed E-state index contributed by atoms with van der Waals surface area (Å²) < 4.78 is 27.6. The summed E-state index contributed by atoms with van der Waals surface area (Å²) in [6, 6.07) is 0. The maximum absolute atomic E-state index is 12.0. The molecule has 3 unspecified atom stereocenters. The third-order valence-corrected chi connectivity index (χ3v) is 10.0. The van der Waals surface area contributed by atoms with Gasteiger partial charge in [0.2, 0.25) is 0 Å². The molecule has 0 bridgehead atoms. The van der Waals surface area contributed by atoms with Gasteiger partial charge in [-0.15, -0.1) is 0 Å². The van der Waals surface area contributed by atoms with Gasteiger partial charge >= 0.3 is 6.09 Å². The zero-order chi connectivity index (χ0) is 29.6. The summed E-state index contributed by atoms with van der Waals surface area (Å²) in [6.45, 7) is 29.9. The predicted octanol–water partition coefficient (Wildman–Crippen LogP) is 7.18. The molecule has 3 atom stereocenters. The molecule has 3 saturated heterocycles. The second-order valence-electron chi connectivity index (χ2n) is 16.0. The summed E-state index contributed by atoms with van der Waals surface area (Å²) in [5.41, 5.74) is 0.531. The Hall–Kier alpha value is -0.820. The van der Waals surface area contributed by atoms with E-state index in [-0.39, 0.29) is 16.9 Å². The minimum Gasteiger partial charge on any atom is -0.444 e. The number of nitrogens with zero attached hydrogens (tertiary/aromatic N) is 1. The van der Waals surface area contributed by atoms with Crippen LogP contribution in [-0.4, -0.2) is 62.7 Å². The second-order valence-corrected chi connectivity index (χ2v) is 18.2. The number of rotatable bonds is 0. The van der Waals surface area contributed by atoms with E-state index >= 15 is 0 Å². The molecule has 1 N–H and O–H groups in total. The molecule has 3 heterocycles. The average molecular weight is 559 g/mol. The number of carbonyl (C=O) groups excluding carboxylic acids is 1. The molecule has 38 heavy (non-hydrogen) atoms. The second kappa shape index (κ2) is 13.7. The van der Waals surface area contributed by atoms with Crippen molar-refractivity contribution < 1.29 is 17.9 Å². The Bertz CT molecular complexity index is 820. The van der Waals surface area contributed by atoms with Gasteiger partial charge in [0.05, 0.1) is 11.5 Å². The number of carbonyl (C=O) groups is 1. The Morgan fingerprint density at radius 1 is 0.763 bits per heavy atom. The van der Waals surface area contributed by atoms with Crippen molar-refractivity contribution in [1.29, 1.82) is 0 Å². The van der Waals surface area contributed by atoms with Gasteiger partial charge in [-0.1, -0.05) is 62.3 Å². The molecule has 3 aliphatic rings. The Balaban J connectivity index is 0.000000299. The van der Waals surface area contributed by atoms with Crippen LogP contribution < -0.4 is 5.32 Å². The first-order valence-electron chi connectivity index (χ1n) is 14.9. The number of sulfone groups is 1. The molecule has 0 aromatic carbocycles. The molecule has 7 heteroatoms. The van der Waals surface area contributed by atoms with Gasteiger partial charge in [-0.25, -0.2) is 13.2 Å². The van der Waals surface area contributed by atoms with Crippen molar-refractivity contribution in [2.75, 3.05) is 37.7 Å². The van der Waals surface area contributed by atoms with E-state index in [4.69, 9.17) is 4.74 Å². The maximum atomic E-state index is 12.0. The van der Waals surface area contributed by atoms with Crippen molar-refractivity contribution in [2.45, 2.75) is 121 Å². The highest BCUT2D eigenvalue weighted by molar-refractivity contribution is 7.91. The number of hydrogen-bond donors (Lipinski definition) is 1. The van der Waals surface area contributed by atoms with Crippen LogP contribution in [0, 0.1) is 34.0 Å². The predicted molar refractivity (Wildman–Crippen MR) is 161 cm³/mol. The van der Waals surface area contributed by atoms with Crippen molar-refractivity contribution in [1.82, 2.24) is 10.2 Å². The Morgan fingerprint density at radius 3 is 1.63 bits per heavy atom. The fourth-order valence-electron chi connectivity index (χ4n) is 5.25. The Morgan fingerprint density at radius 2 is 1.29 bits per heavy atom. The van der Waals surface area contributed by atoms with Gasteiger partial charge in [0.1, 0.15) is 5.60 Å². The summed E-state index contributed by atoms with van der Waals surface area (Å²) in [6.07, 6.45) is 5.76. The smallest absolute Gasteiger partial charge is 0.410 e. The van der Waals surface area contributed by atoms with Crippen LogP contribution in [-0.2, 0) is 14.6 Å². The molecule has 3 aliphatic heterocycles. The van der Waals surface area contributed by atoms with E-state index in [2.05, 4.69) is 67.6 Å². The quantitative estimate of drug-likeness (QED) is 0.341. The van der Waals surface area contributed by atoms with Gasteiger partial charge in [0, 0.05) is 13.1 Å². The monoisotopic (exact) mass is 558 g/mol. The summed E-state index contributed by atoms with van der Waals surface area (Å²) in [5, 5.41) is 3.44. The van der Waals surface area contributed by atoms with E-state index in [0.717, 1.165) is 31.8 Å². The van der Waals surface area contributed by atoms with E-state index in [1.807, 2.05) is 25.7 Å². The first-order valence-corrected chi connectivity index (χ1v) is 16.7. The number of ether oxygens (including phenoxy) is 1. The fraction of sp³-hybridized carbons (Fsp3) is 0.968. The van der Waals surface area contributed by atoms with Gasteiger partial charge in [-0.05, 0) is 100.0 Å². The standard InChI is InChI=1S/C14H27NO2.C9H19N.C8H16O2S/c1-13(2,3)11-8-7-9-15(10-11)12(16)17-14(4,5)6;1-9(2,3)8-5-4-6-10-7-8;1-8(2,3)7-4-5-11(9,10)6-7/h11H,7-10H2,1-6H3;8,10H,4-7H2,1-3H3;7H,4-6H2,1-3H3. The number of amides is 1. The van der Waals surface area contributed by atoms with Gasteiger partial charge in [-0.3, -0.25) is 0 Å². The largest absolute Gasteiger partial charge is 0.444 e. The van der Waals surface area contributed by atoms with E-state index in [1.54, 1.807) is 0 Å². The lowest BCUT2D eigenvalue weighted by atomic mass is 9.76. The fourth-order valence-corrected chi connectivity index (χ4v) is 7.34. The van der Waals surface area contributed by atoms with E-state index < -0.39 is 15.4 Å². The average Bonchev–Trinajstić information content (AvgIpc) is 3.13. The van der Waals surface area contributed by atoms with Crippen LogP contribution >= 0.6 is 0 Å². The summed E-state index contributed by atoms with van der Waals surface area (Å²) in [7, 11) is -2.68. The lowest BCUT2D eigenvalue weighted by Crippen LogP contribution is -2.45. The highest BCUT2D eigenvalue weighted by Gasteiger charge is 2.35. The van der Waals surface area contributed by atoms with Crippen LogP contribution in [0.5, 0.6) is 0 Å². The van der Waals surface area contributed by atoms with Gasteiger partial charge in [0.25, 0.3) is 0 Å². The number of piperidine rings is 2. The minimum atomic E-state index is -2.68. The third-order valence-electron chi connectivity index (χ3n) is 8.28. The first-order chi connectivity index (χ1) is 17.0. The lowest BCUT2D eigenvalue weighted by molar-refractivity contribution is 0.00880. The van der Waals surface area contributed by atoms with Crippen molar-refractivity contribution in [2.24, 2.45) is 34.0 Å². The lowest BCUT2D eigenvalue weighted by Gasteiger charge is -2.40. The van der Waals surface area contributed by atoms with Crippen molar-refractivity contribution in [3.63, 3.8) is 0 Å². The molecule has 0 saturated carbocycles. The molecule has 0 aromatic heterocycles. The maximum Gasteiger partial charge on any atom is 0.410 e. The molecule has 6 nitrogen and oxygen atoms in total. The van der Waals surface area contributed by atoms with E-state index in [1.165, 1.54) is 32.4 Å². The molecule has 226 valence electrons. The van der Waals surface area contributed by atoms with Crippen LogP contribution in [0.15, 0.2) is 0 Å². The topological polar surface area (TPSA) is 75.7 Å². The molecule has 0 radical (unpaired) electrons. The first kappa shape index (κ1) is 35.2.